The number of carboxylic acid groups (broad SMARTS) is 1. The van der Waals surface area contributed by atoms with Crippen LogP contribution in [0.15, 0.2) is 0 Å². The van der Waals surface area contributed by atoms with Crippen LogP contribution in [-0.2, 0) is 9.53 Å². The Balaban J connectivity index is 2.17. The Morgan fingerprint density at radius 2 is 2.35 bits per heavy atom. The van der Waals surface area contributed by atoms with E-state index in [0.717, 1.165) is 25.2 Å². The summed E-state index contributed by atoms with van der Waals surface area (Å²) >= 11 is 1.64. The van der Waals surface area contributed by atoms with E-state index in [-0.39, 0.29) is 0 Å². The zero-order chi connectivity index (χ0) is 12.9. The zero-order valence-electron chi connectivity index (χ0n) is 10.6. The van der Waals surface area contributed by atoms with Gasteiger partial charge in [-0.25, -0.2) is 0 Å². The summed E-state index contributed by atoms with van der Waals surface area (Å²) in [5.41, 5.74) is 5.65. The zero-order valence-corrected chi connectivity index (χ0v) is 11.5. The van der Waals surface area contributed by atoms with Crippen molar-refractivity contribution in [1.29, 1.82) is 0 Å². The molecule has 1 fully saturated rings. The molecule has 1 aliphatic rings. The Hall–Kier alpha value is -0.260. The first kappa shape index (κ1) is 14.8. The molecule has 100 valence electrons. The van der Waals surface area contributed by atoms with E-state index in [2.05, 4.69) is 0 Å². The average molecular weight is 261 g/mol. The minimum Gasteiger partial charge on any atom is -0.480 e. The van der Waals surface area contributed by atoms with Gasteiger partial charge < -0.3 is 15.6 Å². The molecule has 1 rings (SSSR count). The Morgan fingerprint density at radius 1 is 1.65 bits per heavy atom. The van der Waals surface area contributed by atoms with Gasteiger partial charge in [0.15, 0.2) is 0 Å². The fourth-order valence-corrected chi connectivity index (χ4v) is 3.02. The molecule has 0 bridgehead atoms. The van der Waals surface area contributed by atoms with Gasteiger partial charge in [-0.1, -0.05) is 0 Å². The highest BCUT2D eigenvalue weighted by atomic mass is 32.2. The smallest absolute Gasteiger partial charge is 0.321 e. The highest BCUT2D eigenvalue weighted by molar-refractivity contribution is 8.00. The number of carboxylic acids is 1. The van der Waals surface area contributed by atoms with E-state index < -0.39 is 16.8 Å². The molecule has 0 amide bonds. The molecule has 1 heterocycles. The number of nitrogens with two attached hydrogens (primary N) is 1. The lowest BCUT2D eigenvalue weighted by molar-refractivity contribution is -0.139. The average Bonchev–Trinajstić information content (AvgIpc) is 2.76. The van der Waals surface area contributed by atoms with Crippen LogP contribution in [0.1, 0.15) is 39.5 Å². The third-order valence-electron chi connectivity index (χ3n) is 3.18. The third kappa shape index (κ3) is 4.85. The maximum Gasteiger partial charge on any atom is 0.321 e. The largest absolute Gasteiger partial charge is 0.480 e. The Morgan fingerprint density at radius 3 is 2.88 bits per heavy atom. The standard InChI is InChI=1S/C12H23NO3S/c1-12(2,10(13)11(14)15)17-8-4-6-9-5-3-7-16-9/h9-10H,3-8,13H2,1-2H3,(H,14,15)/t9?,10-/m1/s1. The summed E-state index contributed by atoms with van der Waals surface area (Å²) in [6, 6.07) is -0.810. The second-order valence-corrected chi connectivity index (χ2v) is 6.79. The van der Waals surface area contributed by atoms with E-state index >= 15 is 0 Å². The molecular formula is C12H23NO3S. The van der Waals surface area contributed by atoms with E-state index in [9.17, 15) is 4.79 Å². The van der Waals surface area contributed by atoms with Crippen molar-refractivity contribution in [2.24, 2.45) is 5.73 Å². The van der Waals surface area contributed by atoms with E-state index in [1.807, 2.05) is 13.8 Å². The lowest BCUT2D eigenvalue weighted by Gasteiger charge is -2.28. The maximum atomic E-state index is 10.8. The van der Waals surface area contributed by atoms with Crippen molar-refractivity contribution in [2.45, 2.75) is 56.4 Å². The summed E-state index contributed by atoms with van der Waals surface area (Å²) in [4.78, 5) is 10.8. The number of thioether (sulfide) groups is 1. The molecule has 0 spiro atoms. The second kappa shape index (κ2) is 6.61. The van der Waals surface area contributed by atoms with Crippen LogP contribution in [0.3, 0.4) is 0 Å². The molecule has 4 nitrogen and oxygen atoms in total. The fraction of sp³-hybridized carbons (Fsp3) is 0.917. The molecule has 0 radical (unpaired) electrons. The number of hydrogen-bond acceptors (Lipinski definition) is 4. The van der Waals surface area contributed by atoms with Crippen molar-refractivity contribution in [3.63, 3.8) is 0 Å². The Bertz CT molecular complexity index is 252. The van der Waals surface area contributed by atoms with Crippen molar-refractivity contribution in [2.75, 3.05) is 12.4 Å². The van der Waals surface area contributed by atoms with Crippen LogP contribution in [0, 0.1) is 0 Å². The van der Waals surface area contributed by atoms with Crippen LogP contribution in [0.25, 0.3) is 0 Å². The van der Waals surface area contributed by atoms with Crippen LogP contribution in [0.5, 0.6) is 0 Å². The van der Waals surface area contributed by atoms with Crippen molar-refractivity contribution in [1.82, 2.24) is 0 Å². The molecule has 0 aliphatic carbocycles. The number of ether oxygens (including phenoxy) is 1. The fourth-order valence-electron chi connectivity index (χ4n) is 1.91. The Labute approximate surface area is 107 Å². The first-order chi connectivity index (χ1) is 7.93. The van der Waals surface area contributed by atoms with Crippen molar-refractivity contribution in [3.05, 3.63) is 0 Å². The molecule has 17 heavy (non-hydrogen) atoms. The van der Waals surface area contributed by atoms with Gasteiger partial charge in [-0.2, -0.15) is 11.8 Å². The van der Waals surface area contributed by atoms with E-state index in [1.54, 1.807) is 11.8 Å². The van der Waals surface area contributed by atoms with Crippen LogP contribution < -0.4 is 5.73 Å². The van der Waals surface area contributed by atoms with E-state index in [1.165, 1.54) is 12.8 Å². The number of carbonyl (C=O) groups is 1. The minimum absolute atomic E-state index is 0.414. The van der Waals surface area contributed by atoms with Gasteiger partial charge in [-0.05, 0) is 45.3 Å². The van der Waals surface area contributed by atoms with Gasteiger partial charge in [0.1, 0.15) is 6.04 Å². The lowest BCUT2D eigenvalue weighted by atomic mass is 10.1. The predicted molar refractivity (Wildman–Crippen MR) is 70.4 cm³/mol. The normalized spacial score (nSPS) is 22.6. The first-order valence-electron chi connectivity index (χ1n) is 6.17. The lowest BCUT2D eigenvalue weighted by Crippen LogP contribution is -2.46. The SMILES string of the molecule is CC(C)(SCCCC1CCCO1)[C@H](N)C(=O)O. The summed E-state index contributed by atoms with van der Waals surface area (Å²) in [5.74, 6) is 0.00928. The van der Waals surface area contributed by atoms with Crippen molar-refractivity contribution < 1.29 is 14.6 Å². The Kier molecular flexibility index (Phi) is 5.76. The number of rotatable bonds is 7. The van der Waals surface area contributed by atoms with E-state index in [4.69, 9.17) is 15.6 Å². The van der Waals surface area contributed by atoms with Gasteiger partial charge in [0.2, 0.25) is 0 Å². The van der Waals surface area contributed by atoms with Gasteiger partial charge in [0.05, 0.1) is 6.10 Å². The number of hydrogen-bond donors (Lipinski definition) is 2. The second-order valence-electron chi connectivity index (χ2n) is 5.05. The maximum absolute atomic E-state index is 10.8. The molecule has 1 saturated heterocycles. The highest BCUT2D eigenvalue weighted by Gasteiger charge is 2.32. The van der Waals surface area contributed by atoms with Gasteiger partial charge in [-0.3, -0.25) is 4.79 Å². The molecule has 0 aromatic carbocycles. The summed E-state index contributed by atoms with van der Waals surface area (Å²) in [7, 11) is 0. The molecule has 3 N–H and O–H groups in total. The van der Waals surface area contributed by atoms with Gasteiger partial charge >= 0.3 is 5.97 Å². The monoisotopic (exact) mass is 261 g/mol. The van der Waals surface area contributed by atoms with Crippen LogP contribution >= 0.6 is 11.8 Å². The van der Waals surface area contributed by atoms with Gasteiger partial charge in [-0.15, -0.1) is 0 Å². The number of aliphatic carboxylic acids is 1. The molecular weight excluding hydrogens is 238 g/mol. The summed E-state index contributed by atoms with van der Waals surface area (Å²) in [6.07, 6.45) is 4.90. The van der Waals surface area contributed by atoms with Gasteiger partial charge in [0.25, 0.3) is 0 Å². The minimum atomic E-state index is -0.929. The van der Waals surface area contributed by atoms with Crippen molar-refractivity contribution >= 4 is 17.7 Å². The summed E-state index contributed by atoms with van der Waals surface area (Å²) in [6.45, 7) is 4.68. The van der Waals surface area contributed by atoms with Crippen LogP contribution in [0.4, 0.5) is 0 Å². The van der Waals surface area contributed by atoms with Crippen molar-refractivity contribution in [3.8, 4) is 0 Å². The summed E-state index contributed by atoms with van der Waals surface area (Å²) < 4.78 is 5.13. The summed E-state index contributed by atoms with van der Waals surface area (Å²) in [5, 5.41) is 8.89. The predicted octanol–water partition coefficient (Wildman–Crippen LogP) is 1.87. The first-order valence-corrected chi connectivity index (χ1v) is 7.16. The molecule has 0 saturated carbocycles. The highest BCUT2D eigenvalue weighted by Crippen LogP contribution is 2.29. The molecule has 1 aliphatic heterocycles. The third-order valence-corrected chi connectivity index (χ3v) is 4.67. The molecule has 0 aromatic heterocycles. The molecule has 2 atom stereocenters. The van der Waals surface area contributed by atoms with Crippen LogP contribution in [0.2, 0.25) is 0 Å². The topological polar surface area (TPSA) is 72.5 Å². The quantitative estimate of drug-likeness (QED) is 0.684. The van der Waals surface area contributed by atoms with E-state index in [0.29, 0.717) is 6.10 Å². The molecule has 1 unspecified atom stereocenters. The van der Waals surface area contributed by atoms with Crippen LogP contribution in [-0.4, -0.2) is 40.3 Å². The molecule has 0 aromatic rings. The van der Waals surface area contributed by atoms with Gasteiger partial charge in [0, 0.05) is 11.4 Å². The molecule has 5 heteroatoms.